The largest absolute Gasteiger partial charge is 0.480 e. The SMILES string of the molecule is C[C@@H](C(=O)O)N(C(=O)N1CCC(N(C)C)CC1)c1cccc2ccccc12. The predicted octanol–water partition coefficient (Wildman–Crippen LogP) is 3.27. The maximum atomic E-state index is 13.3. The monoisotopic (exact) mass is 369 g/mol. The van der Waals surface area contributed by atoms with Crippen molar-refractivity contribution < 1.29 is 14.7 Å². The molecule has 27 heavy (non-hydrogen) atoms. The molecule has 0 aromatic heterocycles. The summed E-state index contributed by atoms with van der Waals surface area (Å²) in [5, 5.41) is 11.5. The Balaban J connectivity index is 1.95. The van der Waals surface area contributed by atoms with Gasteiger partial charge >= 0.3 is 12.0 Å². The number of fused-ring (bicyclic) bond motifs is 1. The fourth-order valence-electron chi connectivity index (χ4n) is 3.73. The van der Waals surface area contributed by atoms with Gasteiger partial charge in [0.15, 0.2) is 0 Å². The van der Waals surface area contributed by atoms with Gasteiger partial charge in [0.25, 0.3) is 0 Å². The number of anilines is 1. The highest BCUT2D eigenvalue weighted by Gasteiger charge is 2.33. The van der Waals surface area contributed by atoms with E-state index in [1.807, 2.05) is 42.5 Å². The summed E-state index contributed by atoms with van der Waals surface area (Å²) in [5.74, 6) is -1.01. The van der Waals surface area contributed by atoms with E-state index in [0.717, 1.165) is 23.6 Å². The van der Waals surface area contributed by atoms with Crippen molar-refractivity contribution >= 4 is 28.5 Å². The Bertz CT molecular complexity index is 823. The topological polar surface area (TPSA) is 64.1 Å². The highest BCUT2D eigenvalue weighted by atomic mass is 16.4. The van der Waals surface area contributed by atoms with Crippen LogP contribution in [0.1, 0.15) is 19.8 Å². The van der Waals surface area contributed by atoms with Crippen LogP contribution in [0.25, 0.3) is 10.8 Å². The summed E-state index contributed by atoms with van der Waals surface area (Å²) in [6.45, 7) is 2.83. The average Bonchev–Trinajstić information content (AvgIpc) is 2.68. The molecule has 0 bridgehead atoms. The first-order valence-electron chi connectivity index (χ1n) is 9.35. The van der Waals surface area contributed by atoms with Crippen LogP contribution in [-0.4, -0.2) is 66.2 Å². The lowest BCUT2D eigenvalue weighted by molar-refractivity contribution is -0.138. The number of aliphatic carboxylic acids is 1. The van der Waals surface area contributed by atoms with Crippen molar-refractivity contribution in [2.45, 2.75) is 31.8 Å². The van der Waals surface area contributed by atoms with Gasteiger partial charge in [0.05, 0.1) is 5.69 Å². The summed E-state index contributed by atoms with van der Waals surface area (Å²) < 4.78 is 0. The molecule has 2 aromatic rings. The minimum atomic E-state index is -1.01. The summed E-state index contributed by atoms with van der Waals surface area (Å²) in [7, 11) is 4.11. The molecule has 0 aliphatic carbocycles. The van der Waals surface area contributed by atoms with E-state index in [-0.39, 0.29) is 6.03 Å². The second kappa shape index (κ2) is 7.96. The van der Waals surface area contributed by atoms with Gasteiger partial charge in [-0.05, 0) is 45.3 Å². The van der Waals surface area contributed by atoms with E-state index in [1.165, 1.54) is 4.90 Å². The number of rotatable bonds is 4. The molecule has 1 saturated heterocycles. The maximum absolute atomic E-state index is 13.3. The van der Waals surface area contributed by atoms with Gasteiger partial charge in [0, 0.05) is 24.5 Å². The predicted molar refractivity (Wildman–Crippen MR) is 107 cm³/mol. The molecule has 0 saturated carbocycles. The van der Waals surface area contributed by atoms with Crippen LogP contribution in [0.3, 0.4) is 0 Å². The van der Waals surface area contributed by atoms with Crippen LogP contribution in [0, 0.1) is 0 Å². The number of hydrogen-bond donors (Lipinski definition) is 1. The van der Waals surface area contributed by atoms with Gasteiger partial charge in [-0.25, -0.2) is 9.59 Å². The van der Waals surface area contributed by atoms with Gasteiger partial charge in [-0.1, -0.05) is 36.4 Å². The number of urea groups is 1. The van der Waals surface area contributed by atoms with Gasteiger partial charge in [-0.3, -0.25) is 4.90 Å². The fourth-order valence-corrected chi connectivity index (χ4v) is 3.73. The zero-order valence-corrected chi connectivity index (χ0v) is 16.1. The van der Waals surface area contributed by atoms with Crippen LogP contribution in [0.15, 0.2) is 42.5 Å². The molecule has 0 spiro atoms. The lowest BCUT2D eigenvalue weighted by Gasteiger charge is -2.39. The second-order valence-electron chi connectivity index (χ2n) is 7.35. The maximum Gasteiger partial charge on any atom is 0.326 e. The molecule has 0 unspecified atom stereocenters. The fraction of sp³-hybridized carbons (Fsp3) is 0.429. The Morgan fingerprint density at radius 3 is 2.33 bits per heavy atom. The van der Waals surface area contributed by atoms with Crippen LogP contribution in [0.4, 0.5) is 10.5 Å². The van der Waals surface area contributed by atoms with E-state index in [2.05, 4.69) is 19.0 Å². The summed E-state index contributed by atoms with van der Waals surface area (Å²) in [4.78, 5) is 30.5. The molecular weight excluding hydrogens is 342 g/mol. The Morgan fingerprint density at radius 2 is 1.70 bits per heavy atom. The Morgan fingerprint density at radius 1 is 1.07 bits per heavy atom. The number of benzene rings is 2. The van der Waals surface area contributed by atoms with Crippen molar-refractivity contribution in [2.75, 3.05) is 32.1 Å². The van der Waals surface area contributed by atoms with Crippen molar-refractivity contribution in [2.24, 2.45) is 0 Å². The van der Waals surface area contributed by atoms with Crippen LogP contribution in [-0.2, 0) is 4.79 Å². The molecule has 0 radical (unpaired) electrons. The molecule has 1 N–H and O–H groups in total. The zero-order chi connectivity index (χ0) is 19.6. The second-order valence-corrected chi connectivity index (χ2v) is 7.35. The average molecular weight is 369 g/mol. The Labute approximate surface area is 160 Å². The van der Waals surface area contributed by atoms with Crippen molar-refractivity contribution in [3.63, 3.8) is 0 Å². The van der Waals surface area contributed by atoms with Crippen molar-refractivity contribution in [3.8, 4) is 0 Å². The van der Waals surface area contributed by atoms with E-state index >= 15 is 0 Å². The molecule has 1 aliphatic heterocycles. The van der Waals surface area contributed by atoms with Gasteiger partial charge in [-0.15, -0.1) is 0 Å². The number of hydrogen-bond acceptors (Lipinski definition) is 3. The molecule has 1 heterocycles. The van der Waals surface area contributed by atoms with E-state index in [1.54, 1.807) is 11.8 Å². The number of carbonyl (C=O) groups excluding carboxylic acids is 1. The third kappa shape index (κ3) is 3.90. The zero-order valence-electron chi connectivity index (χ0n) is 16.1. The van der Waals surface area contributed by atoms with Crippen molar-refractivity contribution in [1.82, 2.24) is 9.80 Å². The van der Waals surface area contributed by atoms with Gasteiger partial charge in [0.2, 0.25) is 0 Å². The summed E-state index contributed by atoms with van der Waals surface area (Å²) in [5.41, 5.74) is 0.641. The van der Waals surface area contributed by atoms with Crippen LogP contribution in [0.5, 0.6) is 0 Å². The number of nitrogens with zero attached hydrogens (tertiary/aromatic N) is 3. The van der Waals surface area contributed by atoms with E-state index in [9.17, 15) is 14.7 Å². The molecule has 1 aliphatic rings. The number of carboxylic acid groups (broad SMARTS) is 1. The molecular formula is C21H27N3O3. The van der Waals surface area contributed by atoms with E-state index < -0.39 is 12.0 Å². The molecule has 6 heteroatoms. The van der Waals surface area contributed by atoms with Crippen molar-refractivity contribution in [1.29, 1.82) is 0 Å². The third-order valence-electron chi connectivity index (χ3n) is 5.44. The normalized spacial score (nSPS) is 16.5. The number of amides is 2. The standard InChI is InChI=1S/C21H27N3O3/c1-15(20(25)26)24(19-10-6-8-16-7-4-5-9-18(16)19)21(27)23-13-11-17(12-14-23)22(2)3/h4-10,15,17H,11-14H2,1-3H3,(H,25,26)/t15-/m0/s1. The quantitative estimate of drug-likeness (QED) is 0.898. The van der Waals surface area contributed by atoms with Gasteiger partial charge < -0.3 is 14.9 Å². The lowest BCUT2D eigenvalue weighted by Crippen LogP contribution is -2.53. The minimum absolute atomic E-state index is 0.238. The molecule has 6 nitrogen and oxygen atoms in total. The molecule has 1 fully saturated rings. The van der Waals surface area contributed by atoms with Crippen molar-refractivity contribution in [3.05, 3.63) is 42.5 Å². The van der Waals surface area contributed by atoms with Crippen LogP contribution < -0.4 is 4.90 Å². The van der Waals surface area contributed by atoms with Gasteiger partial charge in [0.1, 0.15) is 6.04 Å². The number of carboxylic acids is 1. The summed E-state index contributed by atoms with van der Waals surface area (Å²) in [6.07, 6.45) is 1.78. The molecule has 3 rings (SSSR count). The van der Waals surface area contributed by atoms with Gasteiger partial charge in [-0.2, -0.15) is 0 Å². The first kappa shape index (κ1) is 19.2. The highest BCUT2D eigenvalue weighted by Crippen LogP contribution is 2.30. The first-order valence-corrected chi connectivity index (χ1v) is 9.35. The first-order chi connectivity index (χ1) is 12.9. The number of carbonyl (C=O) groups is 2. The number of piperidine rings is 1. The number of likely N-dealkylation sites (tertiary alicyclic amines) is 1. The molecule has 2 aromatic carbocycles. The molecule has 1 atom stereocenters. The summed E-state index contributed by atoms with van der Waals surface area (Å²) in [6, 6.07) is 12.7. The smallest absolute Gasteiger partial charge is 0.326 e. The van der Waals surface area contributed by atoms with Crippen LogP contribution in [0.2, 0.25) is 0 Å². The van der Waals surface area contributed by atoms with Crippen LogP contribution >= 0.6 is 0 Å². The molecule has 144 valence electrons. The van der Waals surface area contributed by atoms with E-state index in [0.29, 0.717) is 24.8 Å². The third-order valence-corrected chi connectivity index (χ3v) is 5.44. The molecule has 2 amide bonds. The lowest BCUT2D eigenvalue weighted by atomic mass is 10.0. The van der Waals surface area contributed by atoms with E-state index in [4.69, 9.17) is 0 Å². The Hall–Kier alpha value is -2.60. The highest BCUT2D eigenvalue weighted by molar-refractivity contribution is 6.06. The minimum Gasteiger partial charge on any atom is -0.480 e. The summed E-state index contributed by atoms with van der Waals surface area (Å²) >= 11 is 0. The Kier molecular flexibility index (Phi) is 5.65.